The Morgan fingerprint density at radius 2 is 2.11 bits per heavy atom. The van der Waals surface area contributed by atoms with Crippen molar-refractivity contribution in [1.82, 2.24) is 9.80 Å². The van der Waals surface area contributed by atoms with Crippen molar-refractivity contribution in [2.24, 2.45) is 5.41 Å². The fraction of sp³-hybridized carbons (Fsp3) is 0.476. The monoisotopic (exact) mass is 388 g/mol. The van der Waals surface area contributed by atoms with Gasteiger partial charge in [-0.25, -0.2) is 4.39 Å². The van der Waals surface area contributed by atoms with E-state index in [9.17, 15) is 9.18 Å². The number of carbonyl (C=O) groups is 1. The lowest BCUT2D eigenvalue weighted by Gasteiger charge is -2.39. The Bertz CT molecular complexity index is 811. The molecule has 0 N–H and O–H groups in total. The highest BCUT2D eigenvalue weighted by Gasteiger charge is 2.48. The van der Waals surface area contributed by atoms with Crippen LogP contribution in [0.2, 0.25) is 0 Å². The zero-order chi connectivity index (χ0) is 18.9. The van der Waals surface area contributed by atoms with Crippen LogP contribution in [0.15, 0.2) is 35.7 Å². The molecule has 0 aliphatic carbocycles. The zero-order valence-electron chi connectivity index (χ0n) is 15.6. The number of halogens is 1. The lowest BCUT2D eigenvalue weighted by atomic mass is 9.78. The van der Waals surface area contributed by atoms with E-state index in [2.05, 4.69) is 22.4 Å². The summed E-state index contributed by atoms with van der Waals surface area (Å²) in [7, 11) is 1.57. The fourth-order valence-electron chi connectivity index (χ4n) is 4.40. The quantitative estimate of drug-likeness (QED) is 0.779. The van der Waals surface area contributed by atoms with Crippen LogP contribution in [0.5, 0.6) is 5.75 Å². The highest BCUT2D eigenvalue weighted by atomic mass is 32.1. The van der Waals surface area contributed by atoms with E-state index in [1.54, 1.807) is 30.6 Å². The first-order valence-electron chi connectivity index (χ1n) is 9.46. The largest absolute Gasteiger partial charge is 0.497 e. The van der Waals surface area contributed by atoms with Gasteiger partial charge in [-0.1, -0.05) is 6.07 Å². The van der Waals surface area contributed by atoms with Crippen molar-refractivity contribution in [3.63, 3.8) is 0 Å². The molecule has 2 aromatic rings. The molecule has 1 aromatic heterocycles. The van der Waals surface area contributed by atoms with E-state index >= 15 is 0 Å². The Labute approximate surface area is 163 Å². The summed E-state index contributed by atoms with van der Waals surface area (Å²) in [6.45, 7) is 3.68. The normalized spacial score (nSPS) is 23.3. The summed E-state index contributed by atoms with van der Waals surface area (Å²) in [5.74, 6) is 0.521. The highest BCUT2D eigenvalue weighted by molar-refractivity contribution is 7.09. The summed E-state index contributed by atoms with van der Waals surface area (Å²) < 4.78 is 19.4. The van der Waals surface area contributed by atoms with Gasteiger partial charge in [-0.05, 0) is 55.5 Å². The van der Waals surface area contributed by atoms with Crippen molar-refractivity contribution < 1.29 is 13.9 Å². The SMILES string of the molecule is COc1ccc(F)c(CN2CCC[C@@]3(CCN(Cc4cccs4)C3)C2=O)c1. The predicted octanol–water partition coefficient (Wildman–Crippen LogP) is 3.91. The van der Waals surface area contributed by atoms with Gasteiger partial charge in [0.05, 0.1) is 12.5 Å². The van der Waals surface area contributed by atoms with Crippen LogP contribution in [0.3, 0.4) is 0 Å². The first-order chi connectivity index (χ1) is 13.1. The van der Waals surface area contributed by atoms with Crippen LogP contribution in [0.4, 0.5) is 4.39 Å². The van der Waals surface area contributed by atoms with Gasteiger partial charge in [-0.15, -0.1) is 11.3 Å². The van der Waals surface area contributed by atoms with Gasteiger partial charge in [0.25, 0.3) is 0 Å². The first kappa shape index (κ1) is 18.4. The van der Waals surface area contributed by atoms with E-state index in [0.29, 0.717) is 24.4 Å². The molecule has 4 nitrogen and oxygen atoms in total. The molecule has 2 aliphatic heterocycles. The molecule has 1 aromatic carbocycles. The van der Waals surface area contributed by atoms with Crippen LogP contribution in [0, 0.1) is 11.2 Å². The van der Waals surface area contributed by atoms with Crippen LogP contribution in [-0.4, -0.2) is 42.5 Å². The van der Waals surface area contributed by atoms with E-state index in [4.69, 9.17) is 4.74 Å². The number of nitrogens with zero attached hydrogens (tertiary/aromatic N) is 2. The number of amides is 1. The summed E-state index contributed by atoms with van der Waals surface area (Å²) in [5.41, 5.74) is 0.221. The molecule has 1 spiro atoms. The minimum atomic E-state index is -0.301. The van der Waals surface area contributed by atoms with Gasteiger partial charge in [-0.2, -0.15) is 0 Å². The molecule has 2 fully saturated rings. The van der Waals surface area contributed by atoms with Gasteiger partial charge >= 0.3 is 0 Å². The minimum Gasteiger partial charge on any atom is -0.497 e. The maximum Gasteiger partial charge on any atom is 0.230 e. The Morgan fingerprint density at radius 3 is 2.89 bits per heavy atom. The van der Waals surface area contributed by atoms with E-state index in [1.165, 1.54) is 10.9 Å². The topological polar surface area (TPSA) is 32.8 Å². The number of hydrogen-bond donors (Lipinski definition) is 0. The maximum atomic E-state index is 14.2. The van der Waals surface area contributed by atoms with Crippen molar-refractivity contribution >= 4 is 17.2 Å². The van der Waals surface area contributed by atoms with Crippen molar-refractivity contribution in [2.45, 2.75) is 32.4 Å². The third kappa shape index (κ3) is 3.73. The van der Waals surface area contributed by atoms with Crippen molar-refractivity contribution in [1.29, 1.82) is 0 Å². The number of piperidine rings is 1. The van der Waals surface area contributed by atoms with Crippen LogP contribution in [0.25, 0.3) is 0 Å². The third-order valence-corrected chi connectivity index (χ3v) is 6.69. The van der Waals surface area contributed by atoms with E-state index in [-0.39, 0.29) is 17.1 Å². The van der Waals surface area contributed by atoms with Gasteiger partial charge in [-0.3, -0.25) is 9.69 Å². The van der Waals surface area contributed by atoms with E-state index in [1.807, 2.05) is 4.90 Å². The number of hydrogen-bond acceptors (Lipinski definition) is 4. The number of methoxy groups -OCH3 is 1. The summed E-state index contributed by atoms with van der Waals surface area (Å²) in [6.07, 6.45) is 2.81. The molecule has 0 radical (unpaired) electrons. The highest BCUT2D eigenvalue weighted by Crippen LogP contribution is 2.41. The molecule has 2 saturated heterocycles. The molecule has 1 atom stereocenters. The molecule has 27 heavy (non-hydrogen) atoms. The molecule has 0 saturated carbocycles. The smallest absolute Gasteiger partial charge is 0.230 e. The number of rotatable bonds is 5. The Morgan fingerprint density at radius 1 is 1.22 bits per heavy atom. The molecule has 144 valence electrons. The maximum absolute atomic E-state index is 14.2. The molecule has 0 bridgehead atoms. The van der Waals surface area contributed by atoms with Crippen LogP contribution >= 0.6 is 11.3 Å². The van der Waals surface area contributed by atoms with Crippen molar-refractivity contribution in [3.8, 4) is 5.75 Å². The molecule has 4 rings (SSSR count). The number of thiophene rings is 1. The Balaban J connectivity index is 1.47. The average molecular weight is 389 g/mol. The second-order valence-electron chi connectivity index (χ2n) is 7.61. The molecular weight excluding hydrogens is 363 g/mol. The molecule has 0 unspecified atom stereocenters. The molecule has 6 heteroatoms. The van der Waals surface area contributed by atoms with Gasteiger partial charge < -0.3 is 9.64 Å². The fourth-order valence-corrected chi connectivity index (χ4v) is 5.15. The number of ether oxygens (including phenoxy) is 1. The van der Waals surface area contributed by atoms with Crippen molar-refractivity contribution in [3.05, 3.63) is 52.0 Å². The average Bonchev–Trinajstić information content (AvgIpc) is 3.32. The minimum absolute atomic E-state index is 0.185. The second kappa shape index (κ2) is 7.60. The van der Waals surface area contributed by atoms with Gasteiger partial charge in [0, 0.05) is 36.6 Å². The van der Waals surface area contributed by atoms with Crippen molar-refractivity contribution in [2.75, 3.05) is 26.7 Å². The number of benzene rings is 1. The van der Waals surface area contributed by atoms with Gasteiger partial charge in [0.1, 0.15) is 11.6 Å². The first-order valence-corrected chi connectivity index (χ1v) is 10.3. The van der Waals surface area contributed by atoms with Crippen LogP contribution in [-0.2, 0) is 17.9 Å². The lowest BCUT2D eigenvalue weighted by Crippen LogP contribution is -2.49. The summed E-state index contributed by atoms with van der Waals surface area (Å²) in [5, 5.41) is 2.09. The molecular formula is C21H25FN2O2S. The summed E-state index contributed by atoms with van der Waals surface area (Å²) >= 11 is 1.76. The Hall–Kier alpha value is -1.92. The van der Waals surface area contributed by atoms with Gasteiger partial charge in [0.2, 0.25) is 5.91 Å². The van der Waals surface area contributed by atoms with E-state index in [0.717, 1.165) is 38.9 Å². The van der Waals surface area contributed by atoms with E-state index < -0.39 is 0 Å². The number of likely N-dealkylation sites (tertiary alicyclic amines) is 2. The Kier molecular flexibility index (Phi) is 5.19. The molecule has 3 heterocycles. The third-order valence-electron chi connectivity index (χ3n) is 5.83. The predicted molar refractivity (Wildman–Crippen MR) is 104 cm³/mol. The molecule has 1 amide bonds. The summed E-state index contributed by atoms with van der Waals surface area (Å²) in [6, 6.07) is 8.94. The summed E-state index contributed by atoms with van der Waals surface area (Å²) in [4.78, 5) is 18.9. The standard InChI is InChI=1S/C21H25FN2O2S/c1-26-17-5-6-19(22)16(12-17)13-24-9-3-7-21(20(24)25)8-10-23(15-21)14-18-4-2-11-27-18/h2,4-6,11-12H,3,7-10,13-15H2,1H3/t21-/m0/s1. The second-order valence-corrected chi connectivity index (χ2v) is 8.64. The van der Waals surface area contributed by atoms with Crippen LogP contribution < -0.4 is 4.74 Å². The molecule has 2 aliphatic rings. The lowest BCUT2D eigenvalue weighted by molar-refractivity contribution is -0.146. The van der Waals surface area contributed by atoms with Crippen LogP contribution in [0.1, 0.15) is 29.7 Å². The van der Waals surface area contributed by atoms with Gasteiger partial charge in [0.15, 0.2) is 0 Å². The number of carbonyl (C=O) groups excluding carboxylic acids is 1. The zero-order valence-corrected chi connectivity index (χ0v) is 16.4.